The fourth-order valence-electron chi connectivity index (χ4n) is 4.21. The first kappa shape index (κ1) is 30.0. The molecule has 214 valence electrons. The van der Waals surface area contributed by atoms with Crippen molar-refractivity contribution in [3.8, 4) is 11.5 Å². The third-order valence-corrected chi connectivity index (χ3v) is 7.90. The van der Waals surface area contributed by atoms with E-state index in [4.69, 9.17) is 9.47 Å². The Labute approximate surface area is 230 Å². The minimum absolute atomic E-state index is 0.00334. The first-order valence-corrected chi connectivity index (χ1v) is 14.3. The van der Waals surface area contributed by atoms with Crippen LogP contribution in [0.2, 0.25) is 0 Å². The summed E-state index contributed by atoms with van der Waals surface area (Å²) >= 11 is 0. The van der Waals surface area contributed by atoms with Gasteiger partial charge in [0.2, 0.25) is 0 Å². The summed E-state index contributed by atoms with van der Waals surface area (Å²) in [6, 6.07) is 9.71. The van der Waals surface area contributed by atoms with Gasteiger partial charge in [-0.05, 0) is 57.2 Å². The molecule has 0 saturated heterocycles. The van der Waals surface area contributed by atoms with E-state index in [1.165, 1.54) is 42.3 Å². The molecule has 0 fully saturated rings. The van der Waals surface area contributed by atoms with Gasteiger partial charge in [-0.15, -0.1) is 0 Å². The first-order chi connectivity index (χ1) is 18.4. The lowest BCUT2D eigenvalue weighted by Crippen LogP contribution is -2.51. The molecule has 2 aromatic carbocycles. The van der Waals surface area contributed by atoms with Crippen molar-refractivity contribution in [3.63, 3.8) is 0 Å². The molecule has 3 rings (SSSR count). The summed E-state index contributed by atoms with van der Waals surface area (Å²) in [5.41, 5.74) is 0.234. The molecular weight excluding hydrogens is 524 g/mol. The normalized spacial score (nSPS) is 18.4. The molecular formula is C27H38N4O7S. The second-order valence-corrected chi connectivity index (χ2v) is 11.8. The number of methoxy groups -OCH3 is 1. The van der Waals surface area contributed by atoms with Crippen molar-refractivity contribution < 1.29 is 32.6 Å². The number of sulfonamides is 1. The average Bonchev–Trinajstić information content (AvgIpc) is 2.89. The SMILES string of the molecule is COc1ccc(S(=O)(=O)Nc2cccc3c2O[C@@H](CN(C)C(=O)NC(C)C)[C@H](C)CN([C@H](C)CO)C3=O)cc1. The highest BCUT2D eigenvalue weighted by Gasteiger charge is 2.35. The Morgan fingerprint density at radius 1 is 1.21 bits per heavy atom. The molecule has 11 nitrogen and oxygen atoms in total. The Morgan fingerprint density at radius 3 is 2.46 bits per heavy atom. The lowest BCUT2D eigenvalue weighted by Gasteiger charge is -2.38. The van der Waals surface area contributed by atoms with Gasteiger partial charge < -0.3 is 29.7 Å². The van der Waals surface area contributed by atoms with Gasteiger partial charge in [0.1, 0.15) is 11.9 Å². The first-order valence-electron chi connectivity index (χ1n) is 12.8. The van der Waals surface area contributed by atoms with Crippen LogP contribution in [0.4, 0.5) is 10.5 Å². The molecule has 0 aromatic heterocycles. The second kappa shape index (κ2) is 12.6. The van der Waals surface area contributed by atoms with Crippen LogP contribution in [0.15, 0.2) is 47.4 Å². The molecule has 3 atom stereocenters. The number of urea groups is 1. The molecule has 39 heavy (non-hydrogen) atoms. The average molecular weight is 563 g/mol. The minimum atomic E-state index is -4.05. The van der Waals surface area contributed by atoms with Crippen LogP contribution in [-0.4, -0.2) is 87.3 Å². The summed E-state index contributed by atoms with van der Waals surface area (Å²) in [6.07, 6.45) is -0.597. The maximum absolute atomic E-state index is 13.6. The Bertz CT molecular complexity index is 1270. The third kappa shape index (κ3) is 7.12. The quantitative estimate of drug-likeness (QED) is 0.427. The van der Waals surface area contributed by atoms with Gasteiger partial charge in [0, 0.05) is 25.6 Å². The number of rotatable bonds is 9. The van der Waals surface area contributed by atoms with Crippen molar-refractivity contribution in [2.45, 2.75) is 50.8 Å². The number of carbonyl (C=O) groups excluding carboxylic acids is 2. The number of hydrogen-bond donors (Lipinski definition) is 3. The number of amides is 3. The van der Waals surface area contributed by atoms with E-state index in [9.17, 15) is 23.1 Å². The van der Waals surface area contributed by atoms with E-state index in [1.807, 2.05) is 20.8 Å². The minimum Gasteiger partial charge on any atom is -0.497 e. The van der Waals surface area contributed by atoms with Crippen molar-refractivity contribution in [1.29, 1.82) is 0 Å². The highest BCUT2D eigenvalue weighted by atomic mass is 32.2. The van der Waals surface area contributed by atoms with E-state index in [2.05, 4.69) is 10.0 Å². The van der Waals surface area contributed by atoms with Crippen LogP contribution in [-0.2, 0) is 10.0 Å². The molecule has 2 aromatic rings. The van der Waals surface area contributed by atoms with Crippen molar-refractivity contribution in [1.82, 2.24) is 15.1 Å². The molecule has 12 heteroatoms. The van der Waals surface area contributed by atoms with Crippen LogP contribution in [0, 0.1) is 5.92 Å². The van der Waals surface area contributed by atoms with Gasteiger partial charge in [-0.25, -0.2) is 13.2 Å². The number of nitrogens with zero attached hydrogens (tertiary/aromatic N) is 2. The van der Waals surface area contributed by atoms with E-state index in [0.29, 0.717) is 5.75 Å². The van der Waals surface area contributed by atoms with Crippen LogP contribution < -0.4 is 19.5 Å². The van der Waals surface area contributed by atoms with Gasteiger partial charge >= 0.3 is 6.03 Å². The summed E-state index contributed by atoms with van der Waals surface area (Å²) in [6.45, 7) is 7.54. The number of aliphatic hydroxyl groups excluding tert-OH is 1. The van der Waals surface area contributed by atoms with E-state index >= 15 is 0 Å². The zero-order valence-electron chi connectivity index (χ0n) is 23.2. The third-order valence-electron chi connectivity index (χ3n) is 6.52. The number of likely N-dealkylation sites (N-methyl/N-ethyl adjacent to an activating group) is 1. The number of hydrogen-bond acceptors (Lipinski definition) is 7. The molecule has 3 amide bonds. The smallest absolute Gasteiger partial charge is 0.317 e. The fourth-order valence-corrected chi connectivity index (χ4v) is 5.27. The Morgan fingerprint density at radius 2 is 1.87 bits per heavy atom. The molecule has 0 unspecified atom stereocenters. The van der Waals surface area contributed by atoms with Crippen LogP contribution in [0.3, 0.4) is 0 Å². The highest BCUT2D eigenvalue weighted by Crippen LogP contribution is 2.36. The standard InChI is InChI=1S/C27H38N4O7S/c1-17(2)28-27(34)30(5)15-24-18(3)14-31(19(4)16-32)26(33)22-8-7-9-23(25(22)38-24)29-39(35,36)21-12-10-20(37-6)11-13-21/h7-13,17-19,24,29,32H,14-16H2,1-6H3,(H,28,34)/t18-,19-,24+/m1/s1. The van der Waals surface area contributed by atoms with Crippen molar-refractivity contribution in [2.24, 2.45) is 5.92 Å². The summed E-state index contributed by atoms with van der Waals surface area (Å²) in [5.74, 6) is -0.0953. The summed E-state index contributed by atoms with van der Waals surface area (Å²) in [7, 11) is -0.921. The van der Waals surface area contributed by atoms with E-state index < -0.39 is 28.1 Å². The van der Waals surface area contributed by atoms with Crippen LogP contribution >= 0.6 is 0 Å². The van der Waals surface area contributed by atoms with E-state index in [1.54, 1.807) is 31.0 Å². The van der Waals surface area contributed by atoms with Crippen molar-refractivity contribution >= 4 is 27.6 Å². The number of nitrogens with one attached hydrogen (secondary N) is 2. The summed E-state index contributed by atoms with van der Waals surface area (Å²) in [4.78, 5) is 29.3. The van der Waals surface area contributed by atoms with E-state index in [0.717, 1.165) is 0 Å². The van der Waals surface area contributed by atoms with Crippen LogP contribution in [0.25, 0.3) is 0 Å². The summed E-state index contributed by atoms with van der Waals surface area (Å²) in [5, 5.41) is 12.7. The molecule has 0 saturated carbocycles. The lowest BCUT2D eigenvalue weighted by molar-refractivity contribution is 0.0369. The maximum atomic E-state index is 13.6. The number of fused-ring (bicyclic) bond motifs is 1. The lowest BCUT2D eigenvalue weighted by atomic mass is 9.99. The molecule has 0 spiro atoms. The van der Waals surface area contributed by atoms with Crippen molar-refractivity contribution in [2.75, 3.05) is 38.6 Å². The second-order valence-electron chi connectivity index (χ2n) is 10.1. The van der Waals surface area contributed by atoms with Gasteiger partial charge in [0.05, 0.1) is 42.4 Å². The number of para-hydroxylation sites is 1. The predicted octanol–water partition coefficient (Wildman–Crippen LogP) is 2.77. The summed E-state index contributed by atoms with van der Waals surface area (Å²) < 4.78 is 40.6. The van der Waals surface area contributed by atoms with Gasteiger partial charge in [-0.2, -0.15) is 0 Å². The number of benzene rings is 2. The molecule has 0 bridgehead atoms. The van der Waals surface area contributed by atoms with Gasteiger partial charge in [0.25, 0.3) is 15.9 Å². The molecule has 1 heterocycles. The van der Waals surface area contributed by atoms with Crippen molar-refractivity contribution in [3.05, 3.63) is 48.0 Å². The van der Waals surface area contributed by atoms with Gasteiger partial charge in [-0.1, -0.05) is 13.0 Å². The largest absolute Gasteiger partial charge is 0.497 e. The Hall–Kier alpha value is -3.51. The Balaban J connectivity index is 2.04. The molecule has 1 aliphatic rings. The molecule has 1 aliphatic heterocycles. The molecule has 0 radical (unpaired) electrons. The number of anilines is 1. The number of aliphatic hydroxyl groups is 1. The van der Waals surface area contributed by atoms with Gasteiger partial charge in [-0.3, -0.25) is 9.52 Å². The Kier molecular flexibility index (Phi) is 9.68. The number of ether oxygens (including phenoxy) is 2. The zero-order valence-corrected chi connectivity index (χ0v) is 24.0. The molecule has 0 aliphatic carbocycles. The molecule has 3 N–H and O–H groups in total. The number of carbonyl (C=O) groups is 2. The zero-order chi connectivity index (χ0) is 28.9. The topological polar surface area (TPSA) is 138 Å². The van der Waals surface area contributed by atoms with E-state index in [-0.39, 0.29) is 59.6 Å². The van der Waals surface area contributed by atoms with Crippen LogP contribution in [0.5, 0.6) is 11.5 Å². The van der Waals surface area contributed by atoms with Crippen LogP contribution in [0.1, 0.15) is 38.1 Å². The predicted molar refractivity (Wildman–Crippen MR) is 148 cm³/mol. The van der Waals surface area contributed by atoms with Gasteiger partial charge in [0.15, 0.2) is 5.75 Å². The maximum Gasteiger partial charge on any atom is 0.317 e. The fraction of sp³-hybridized carbons (Fsp3) is 0.481. The monoisotopic (exact) mass is 562 g/mol. The highest BCUT2D eigenvalue weighted by molar-refractivity contribution is 7.92.